The maximum Gasteiger partial charge on any atom is 0.417 e. The molecule has 1 aromatic heterocycles. The van der Waals surface area contributed by atoms with Crippen molar-refractivity contribution < 1.29 is 17.6 Å². The van der Waals surface area contributed by atoms with Crippen LogP contribution in [-0.4, -0.2) is 0 Å². The van der Waals surface area contributed by atoms with Gasteiger partial charge in [-0.05, 0) is 6.07 Å². The highest BCUT2D eigenvalue weighted by molar-refractivity contribution is 5.80. The molecule has 1 heterocycles. The Morgan fingerprint density at radius 3 is 2.47 bits per heavy atom. The van der Waals surface area contributed by atoms with Crippen LogP contribution in [0.2, 0.25) is 0 Å². The minimum atomic E-state index is -4.55. The molecule has 2 nitrogen and oxygen atoms in total. The van der Waals surface area contributed by atoms with E-state index in [0.717, 1.165) is 0 Å². The Balaban J connectivity index is 2.89. The third-order valence-electron chi connectivity index (χ3n) is 1.96. The predicted molar refractivity (Wildman–Crippen MR) is 47.5 cm³/mol. The summed E-state index contributed by atoms with van der Waals surface area (Å²) in [6, 6.07) is 6.01. The third-order valence-corrected chi connectivity index (χ3v) is 1.96. The summed E-state index contributed by atoms with van der Waals surface area (Å²) in [7, 11) is 0. The maximum absolute atomic E-state index is 12.5. The molecule has 0 radical (unpaired) electrons. The molecular formula is C10H5F3O2. The molecular weight excluding hydrogens is 209 g/mol. The van der Waals surface area contributed by atoms with Gasteiger partial charge in [0.15, 0.2) is 0 Å². The molecule has 0 saturated heterocycles. The van der Waals surface area contributed by atoms with Crippen LogP contribution in [0.4, 0.5) is 13.2 Å². The van der Waals surface area contributed by atoms with E-state index in [1.807, 2.05) is 0 Å². The second kappa shape index (κ2) is 3.12. The molecule has 0 bridgehead atoms. The Kier molecular flexibility index (Phi) is 2.03. The minimum absolute atomic E-state index is 0.0580. The number of alkyl halides is 3. The van der Waals surface area contributed by atoms with Gasteiger partial charge in [0.2, 0.25) is 0 Å². The van der Waals surface area contributed by atoms with Crippen LogP contribution in [0.3, 0.4) is 0 Å². The number of rotatable bonds is 0. The van der Waals surface area contributed by atoms with Gasteiger partial charge in [0.1, 0.15) is 5.58 Å². The molecule has 0 aliphatic carbocycles. The monoisotopic (exact) mass is 214 g/mol. The molecule has 0 aliphatic heterocycles. The highest BCUT2D eigenvalue weighted by atomic mass is 19.4. The average Bonchev–Trinajstić information content (AvgIpc) is 2.15. The fourth-order valence-electron chi connectivity index (χ4n) is 1.35. The zero-order valence-electron chi connectivity index (χ0n) is 7.34. The van der Waals surface area contributed by atoms with E-state index in [0.29, 0.717) is 6.07 Å². The Morgan fingerprint density at radius 1 is 1.13 bits per heavy atom. The van der Waals surface area contributed by atoms with Crippen LogP contribution in [0.25, 0.3) is 11.0 Å². The molecule has 0 atom stereocenters. The summed E-state index contributed by atoms with van der Waals surface area (Å²) in [5, 5.41) is -0.107. The van der Waals surface area contributed by atoms with Crippen LogP contribution in [-0.2, 0) is 6.18 Å². The van der Waals surface area contributed by atoms with Crippen molar-refractivity contribution in [2.75, 3.05) is 0 Å². The van der Waals surface area contributed by atoms with Crippen LogP contribution in [0.5, 0.6) is 0 Å². The Hall–Kier alpha value is -1.78. The van der Waals surface area contributed by atoms with Crippen molar-refractivity contribution in [3.63, 3.8) is 0 Å². The molecule has 0 N–H and O–H groups in total. The van der Waals surface area contributed by atoms with Gasteiger partial charge in [-0.15, -0.1) is 0 Å². The van der Waals surface area contributed by atoms with Crippen molar-refractivity contribution in [2.45, 2.75) is 6.18 Å². The first-order valence-corrected chi connectivity index (χ1v) is 4.08. The first-order valence-electron chi connectivity index (χ1n) is 4.08. The zero-order valence-corrected chi connectivity index (χ0v) is 7.34. The Labute approximate surface area is 81.9 Å². The summed E-state index contributed by atoms with van der Waals surface area (Å²) in [6.07, 6.45) is -4.55. The van der Waals surface area contributed by atoms with Gasteiger partial charge in [0.05, 0.1) is 5.56 Å². The topological polar surface area (TPSA) is 30.2 Å². The van der Waals surface area contributed by atoms with E-state index in [2.05, 4.69) is 4.42 Å². The second-order valence-electron chi connectivity index (χ2n) is 2.97. The van der Waals surface area contributed by atoms with Crippen LogP contribution in [0, 0.1) is 0 Å². The van der Waals surface area contributed by atoms with Gasteiger partial charge >= 0.3 is 11.8 Å². The first kappa shape index (κ1) is 9.76. The minimum Gasteiger partial charge on any atom is -0.423 e. The SMILES string of the molecule is O=c1cc(C(F)(F)F)c2ccccc2o1. The van der Waals surface area contributed by atoms with Gasteiger partial charge in [-0.25, -0.2) is 4.79 Å². The number of hydrogen-bond donors (Lipinski definition) is 0. The molecule has 1 aromatic carbocycles. The standard InChI is InChI=1S/C10H5F3O2/c11-10(12,13)7-5-9(14)15-8-4-2-1-3-6(7)8/h1-5H. The van der Waals surface area contributed by atoms with Crippen molar-refractivity contribution in [3.8, 4) is 0 Å². The van der Waals surface area contributed by atoms with Crippen LogP contribution in [0.1, 0.15) is 5.56 Å². The normalized spacial score (nSPS) is 11.9. The smallest absolute Gasteiger partial charge is 0.417 e. The molecule has 0 fully saturated rings. The van der Waals surface area contributed by atoms with Crippen LogP contribution < -0.4 is 5.63 Å². The summed E-state index contributed by atoms with van der Waals surface area (Å²) in [5.74, 6) is 0. The lowest BCUT2D eigenvalue weighted by Crippen LogP contribution is -2.10. The average molecular weight is 214 g/mol. The van der Waals surface area contributed by atoms with Gasteiger partial charge in [-0.2, -0.15) is 13.2 Å². The summed E-state index contributed by atoms with van der Waals surface area (Å²) < 4.78 is 42.2. The van der Waals surface area contributed by atoms with E-state index in [-0.39, 0.29) is 11.0 Å². The van der Waals surface area contributed by atoms with Gasteiger partial charge in [-0.3, -0.25) is 0 Å². The summed E-state index contributed by atoms with van der Waals surface area (Å²) >= 11 is 0. The molecule has 78 valence electrons. The van der Waals surface area contributed by atoms with E-state index in [4.69, 9.17) is 0 Å². The van der Waals surface area contributed by atoms with Crippen LogP contribution >= 0.6 is 0 Å². The quantitative estimate of drug-likeness (QED) is 0.631. The first-order chi connectivity index (χ1) is 6.98. The van der Waals surface area contributed by atoms with Crippen molar-refractivity contribution in [1.82, 2.24) is 0 Å². The molecule has 0 spiro atoms. The lowest BCUT2D eigenvalue weighted by molar-refractivity contribution is -0.136. The highest BCUT2D eigenvalue weighted by Crippen LogP contribution is 2.33. The lowest BCUT2D eigenvalue weighted by atomic mass is 10.1. The van der Waals surface area contributed by atoms with Gasteiger partial charge in [0.25, 0.3) is 0 Å². The van der Waals surface area contributed by atoms with Crippen molar-refractivity contribution in [1.29, 1.82) is 0 Å². The maximum atomic E-state index is 12.5. The summed E-state index contributed by atoms with van der Waals surface area (Å²) in [4.78, 5) is 10.9. The summed E-state index contributed by atoms with van der Waals surface area (Å²) in [5.41, 5.74) is -2.02. The van der Waals surface area contributed by atoms with E-state index in [1.165, 1.54) is 24.3 Å². The third kappa shape index (κ3) is 1.72. The molecule has 0 amide bonds. The molecule has 2 aromatic rings. The second-order valence-corrected chi connectivity index (χ2v) is 2.97. The van der Waals surface area contributed by atoms with E-state index >= 15 is 0 Å². The van der Waals surface area contributed by atoms with Crippen molar-refractivity contribution >= 4 is 11.0 Å². The molecule has 2 rings (SSSR count). The highest BCUT2D eigenvalue weighted by Gasteiger charge is 2.33. The number of para-hydroxylation sites is 1. The Bertz CT molecular complexity index is 554. The largest absolute Gasteiger partial charge is 0.423 e. The molecule has 0 unspecified atom stereocenters. The molecule has 0 aliphatic rings. The van der Waals surface area contributed by atoms with Gasteiger partial charge in [-0.1, -0.05) is 18.2 Å². The molecule has 0 saturated carbocycles. The zero-order chi connectivity index (χ0) is 11.1. The fraction of sp³-hybridized carbons (Fsp3) is 0.100. The van der Waals surface area contributed by atoms with Gasteiger partial charge in [0, 0.05) is 11.5 Å². The number of fused-ring (bicyclic) bond motifs is 1. The van der Waals surface area contributed by atoms with Gasteiger partial charge < -0.3 is 4.42 Å². The molecule has 5 heteroatoms. The van der Waals surface area contributed by atoms with Crippen molar-refractivity contribution in [2.24, 2.45) is 0 Å². The Morgan fingerprint density at radius 2 is 1.80 bits per heavy atom. The van der Waals surface area contributed by atoms with E-state index in [9.17, 15) is 18.0 Å². The lowest BCUT2D eigenvalue weighted by Gasteiger charge is -2.08. The molecule has 15 heavy (non-hydrogen) atoms. The van der Waals surface area contributed by atoms with E-state index in [1.54, 1.807) is 0 Å². The van der Waals surface area contributed by atoms with Crippen LogP contribution in [0.15, 0.2) is 39.5 Å². The number of benzene rings is 1. The summed E-state index contributed by atoms with van der Waals surface area (Å²) in [6.45, 7) is 0. The predicted octanol–water partition coefficient (Wildman–Crippen LogP) is 2.81. The van der Waals surface area contributed by atoms with E-state index < -0.39 is 17.4 Å². The number of halogens is 3. The fourth-order valence-corrected chi connectivity index (χ4v) is 1.35. The number of hydrogen-bond acceptors (Lipinski definition) is 2. The van der Waals surface area contributed by atoms with Crippen molar-refractivity contribution in [3.05, 3.63) is 46.3 Å².